The highest BCUT2D eigenvalue weighted by Gasteiger charge is 2.48. The quantitative estimate of drug-likeness (QED) is 0.318. The number of likely N-dealkylation sites (tertiary alicyclic amines) is 2. The van der Waals surface area contributed by atoms with E-state index in [9.17, 15) is 9.59 Å². The van der Waals surface area contributed by atoms with Crippen molar-refractivity contribution in [2.24, 2.45) is 5.84 Å². The minimum Gasteiger partial charge on any atom is -0.364 e. The fourth-order valence-corrected chi connectivity index (χ4v) is 4.43. The van der Waals surface area contributed by atoms with Gasteiger partial charge in [-0.1, -0.05) is 30.3 Å². The zero-order valence-electron chi connectivity index (χ0n) is 17.8. The van der Waals surface area contributed by atoms with Crippen LogP contribution >= 0.6 is 0 Å². The molecule has 3 aliphatic rings. The molecular weight excluding hydrogens is 382 g/mol. The number of benzene rings is 1. The van der Waals surface area contributed by atoms with Crippen LogP contribution in [0.5, 0.6) is 0 Å². The number of hydrogen-bond acceptors (Lipinski definition) is 6. The first-order valence-electron chi connectivity index (χ1n) is 10.4. The lowest BCUT2D eigenvalue weighted by Gasteiger charge is -2.42. The van der Waals surface area contributed by atoms with E-state index in [2.05, 4.69) is 16.0 Å². The summed E-state index contributed by atoms with van der Waals surface area (Å²) in [6.45, 7) is 8.02. The van der Waals surface area contributed by atoms with E-state index in [0.29, 0.717) is 26.2 Å². The number of hydrazine groups is 1. The Morgan fingerprint density at radius 3 is 2.60 bits per heavy atom. The molecule has 2 unspecified atom stereocenters. The van der Waals surface area contributed by atoms with Gasteiger partial charge in [-0.25, -0.2) is 10.6 Å². The number of nitrogens with two attached hydrogens (primary N) is 1. The Morgan fingerprint density at radius 1 is 1.23 bits per heavy atom. The Hall–Kier alpha value is -2.62. The van der Waals surface area contributed by atoms with Crippen molar-refractivity contribution in [2.45, 2.75) is 51.2 Å². The average molecular weight is 414 g/mol. The summed E-state index contributed by atoms with van der Waals surface area (Å²) in [4.78, 5) is 28.1. The molecule has 3 amide bonds. The zero-order valence-corrected chi connectivity index (χ0v) is 17.8. The van der Waals surface area contributed by atoms with Crippen LogP contribution in [0.1, 0.15) is 26.3 Å². The number of carbonyl (C=O) groups excluding carboxylic acids is 2. The van der Waals surface area contributed by atoms with Crippen molar-refractivity contribution < 1.29 is 9.59 Å². The molecule has 5 N–H and O–H groups in total. The van der Waals surface area contributed by atoms with E-state index in [4.69, 9.17) is 5.84 Å². The van der Waals surface area contributed by atoms with Gasteiger partial charge in [-0.3, -0.25) is 20.4 Å². The molecule has 0 spiro atoms. The largest absolute Gasteiger partial charge is 0.364 e. The second-order valence-corrected chi connectivity index (χ2v) is 8.77. The molecule has 2 saturated heterocycles. The molecule has 0 aromatic heterocycles. The van der Waals surface area contributed by atoms with E-state index in [1.54, 1.807) is 6.92 Å². The minimum absolute atomic E-state index is 0.0387. The highest BCUT2D eigenvalue weighted by Crippen LogP contribution is 2.35. The lowest BCUT2D eigenvalue weighted by atomic mass is 9.92. The van der Waals surface area contributed by atoms with Gasteiger partial charge in [0.15, 0.2) is 0 Å². The summed E-state index contributed by atoms with van der Waals surface area (Å²) in [5.41, 5.74) is 1.66. The highest BCUT2D eigenvalue weighted by molar-refractivity contribution is 5.76. The molecule has 9 heteroatoms. The second kappa shape index (κ2) is 7.90. The Labute approximate surface area is 177 Å². The van der Waals surface area contributed by atoms with Crippen LogP contribution < -0.4 is 21.8 Å². The first kappa shape index (κ1) is 20.6. The van der Waals surface area contributed by atoms with Crippen LogP contribution in [0.15, 0.2) is 42.1 Å². The van der Waals surface area contributed by atoms with E-state index < -0.39 is 5.54 Å². The predicted octanol–water partition coefficient (Wildman–Crippen LogP) is 0.126. The summed E-state index contributed by atoms with van der Waals surface area (Å²) in [7, 11) is 0. The Kier molecular flexibility index (Phi) is 5.44. The number of nitrogens with one attached hydrogen (secondary N) is 3. The first-order valence-corrected chi connectivity index (χ1v) is 10.4. The number of nitrogens with zero attached hydrogens (tertiary/aromatic N) is 3. The van der Waals surface area contributed by atoms with Crippen LogP contribution in [0, 0.1) is 0 Å². The third kappa shape index (κ3) is 3.88. The molecule has 2 fully saturated rings. The SMILES string of the molecule is CC(=O)N1CC(NC2NC=C3C(CN(C(=O)N(N)Cc4ccccc4)C3(C)C)N2)C1. The molecule has 9 nitrogen and oxygen atoms in total. The van der Waals surface area contributed by atoms with Crippen LogP contribution in [0.3, 0.4) is 0 Å². The van der Waals surface area contributed by atoms with Gasteiger partial charge >= 0.3 is 6.03 Å². The van der Waals surface area contributed by atoms with Gasteiger partial charge in [0.1, 0.15) is 6.29 Å². The van der Waals surface area contributed by atoms with Crippen LogP contribution in [0.25, 0.3) is 0 Å². The average Bonchev–Trinajstić information content (AvgIpc) is 2.94. The molecular formula is C21H31N7O2. The zero-order chi connectivity index (χ0) is 21.5. The van der Waals surface area contributed by atoms with Crippen molar-refractivity contribution >= 4 is 11.9 Å². The molecule has 30 heavy (non-hydrogen) atoms. The van der Waals surface area contributed by atoms with Crippen molar-refractivity contribution in [3.8, 4) is 0 Å². The first-order chi connectivity index (χ1) is 14.3. The van der Waals surface area contributed by atoms with Crippen LogP contribution in [0.2, 0.25) is 0 Å². The van der Waals surface area contributed by atoms with Crippen LogP contribution in [-0.4, -0.2) is 70.3 Å². The molecule has 2 atom stereocenters. The Balaban J connectivity index is 1.37. The smallest absolute Gasteiger partial charge is 0.335 e. The molecule has 0 radical (unpaired) electrons. The molecule has 1 aromatic carbocycles. The minimum atomic E-state index is -0.455. The molecule has 0 aliphatic carbocycles. The molecule has 0 bridgehead atoms. The van der Waals surface area contributed by atoms with Gasteiger partial charge in [0.05, 0.1) is 18.1 Å². The fraction of sp³-hybridized carbons (Fsp3) is 0.524. The van der Waals surface area contributed by atoms with Crippen molar-refractivity contribution in [3.05, 3.63) is 47.7 Å². The van der Waals surface area contributed by atoms with Gasteiger partial charge in [-0.2, -0.15) is 0 Å². The van der Waals surface area contributed by atoms with Gasteiger partial charge in [0.2, 0.25) is 5.91 Å². The van der Waals surface area contributed by atoms with Gasteiger partial charge in [0, 0.05) is 38.8 Å². The number of amides is 3. The number of rotatable bonds is 4. The van der Waals surface area contributed by atoms with E-state index in [1.807, 2.05) is 60.2 Å². The van der Waals surface area contributed by atoms with Crippen molar-refractivity contribution in [3.63, 3.8) is 0 Å². The normalized spacial score (nSPS) is 25.1. The van der Waals surface area contributed by atoms with Crippen molar-refractivity contribution in [2.75, 3.05) is 19.6 Å². The standard InChI is InChI=1S/C21H31N7O2/c1-14(29)26-11-16(12-26)24-19-23-9-17-18(25-19)13-27(21(17,2)3)20(30)28(22)10-15-7-5-4-6-8-15/h4-9,16,18-19,23-25H,10-13,22H2,1-3H3. The maximum Gasteiger partial charge on any atom is 0.335 e. The number of carbonyl (C=O) groups is 2. The molecule has 3 heterocycles. The van der Waals surface area contributed by atoms with Gasteiger partial charge in [0.25, 0.3) is 0 Å². The third-order valence-electron chi connectivity index (χ3n) is 6.30. The molecule has 3 aliphatic heterocycles. The number of hydrogen-bond donors (Lipinski definition) is 4. The molecule has 4 rings (SSSR count). The summed E-state index contributed by atoms with van der Waals surface area (Å²) >= 11 is 0. The van der Waals surface area contributed by atoms with Crippen molar-refractivity contribution in [1.82, 2.24) is 30.8 Å². The number of fused-ring (bicyclic) bond motifs is 1. The summed E-state index contributed by atoms with van der Waals surface area (Å²) in [6.07, 6.45) is 1.90. The molecule has 162 valence electrons. The molecule has 0 saturated carbocycles. The van der Waals surface area contributed by atoms with E-state index in [1.165, 1.54) is 5.01 Å². The Morgan fingerprint density at radius 2 is 1.93 bits per heavy atom. The van der Waals surface area contributed by atoms with E-state index >= 15 is 0 Å². The van der Waals surface area contributed by atoms with Gasteiger partial charge in [-0.05, 0) is 25.0 Å². The second-order valence-electron chi connectivity index (χ2n) is 8.77. The summed E-state index contributed by atoms with van der Waals surface area (Å²) in [5.74, 6) is 6.24. The van der Waals surface area contributed by atoms with Crippen molar-refractivity contribution in [1.29, 1.82) is 0 Å². The van der Waals surface area contributed by atoms with Crippen LogP contribution in [-0.2, 0) is 11.3 Å². The van der Waals surface area contributed by atoms with E-state index in [0.717, 1.165) is 11.1 Å². The lowest BCUT2D eigenvalue weighted by Crippen LogP contribution is -2.68. The van der Waals surface area contributed by atoms with Gasteiger partial charge in [-0.15, -0.1) is 0 Å². The lowest BCUT2D eigenvalue weighted by molar-refractivity contribution is -0.133. The van der Waals surface area contributed by atoms with Gasteiger partial charge < -0.3 is 15.1 Å². The highest BCUT2D eigenvalue weighted by atomic mass is 16.2. The summed E-state index contributed by atoms with van der Waals surface area (Å²) in [6, 6.07) is 9.84. The predicted molar refractivity (Wildman–Crippen MR) is 113 cm³/mol. The molecule has 1 aromatic rings. The topological polar surface area (TPSA) is 106 Å². The summed E-state index contributed by atoms with van der Waals surface area (Å²) < 4.78 is 0. The number of urea groups is 1. The monoisotopic (exact) mass is 413 g/mol. The van der Waals surface area contributed by atoms with E-state index in [-0.39, 0.29) is 30.3 Å². The maximum absolute atomic E-state index is 13.1. The fourth-order valence-electron chi connectivity index (χ4n) is 4.43. The third-order valence-corrected chi connectivity index (χ3v) is 6.30. The van der Waals surface area contributed by atoms with Crippen LogP contribution in [0.4, 0.5) is 4.79 Å². The maximum atomic E-state index is 13.1. The summed E-state index contributed by atoms with van der Waals surface area (Å²) in [5, 5.41) is 11.6. The Bertz CT molecular complexity index is 835.